The van der Waals surface area contributed by atoms with E-state index >= 15 is 0 Å². The number of aryl methyl sites for hydroxylation is 1. The van der Waals surface area contributed by atoms with Crippen LogP contribution < -0.4 is 14.8 Å². The molecule has 0 aromatic heterocycles. The summed E-state index contributed by atoms with van der Waals surface area (Å²) in [7, 11) is 0. The van der Waals surface area contributed by atoms with Gasteiger partial charge < -0.3 is 14.8 Å². The van der Waals surface area contributed by atoms with Gasteiger partial charge in [0.25, 0.3) is 0 Å². The molecule has 0 fully saturated rings. The first-order valence-corrected chi connectivity index (χ1v) is 7.15. The second-order valence-corrected chi connectivity index (χ2v) is 5.03. The first kappa shape index (κ1) is 14.4. The van der Waals surface area contributed by atoms with E-state index < -0.39 is 0 Å². The summed E-state index contributed by atoms with van der Waals surface area (Å²) in [6.07, 6.45) is 0.900. The van der Waals surface area contributed by atoms with Crippen molar-refractivity contribution in [1.82, 2.24) is 0 Å². The van der Waals surface area contributed by atoms with Gasteiger partial charge in [0, 0.05) is 18.2 Å². The highest BCUT2D eigenvalue weighted by Crippen LogP contribution is 2.32. The Morgan fingerprint density at radius 2 is 1.77 bits per heavy atom. The Bertz CT molecular complexity index is 670. The number of benzene rings is 2. The number of carbonyl (C=O) groups excluding carboxylic acids is 1. The molecular weight excluding hydrogens is 285 g/mol. The summed E-state index contributed by atoms with van der Waals surface area (Å²) in [4.78, 5) is 12.0. The number of halogens is 1. The van der Waals surface area contributed by atoms with E-state index in [1.165, 1.54) is 12.1 Å². The maximum Gasteiger partial charge on any atom is 0.224 e. The number of amides is 1. The molecule has 1 aliphatic rings. The van der Waals surface area contributed by atoms with Crippen LogP contribution in [0.15, 0.2) is 42.5 Å². The monoisotopic (exact) mass is 301 g/mol. The second-order valence-electron chi connectivity index (χ2n) is 5.03. The topological polar surface area (TPSA) is 47.6 Å². The highest BCUT2D eigenvalue weighted by Gasteiger charge is 2.12. The molecule has 5 heteroatoms. The quantitative estimate of drug-likeness (QED) is 0.943. The van der Waals surface area contributed by atoms with Crippen LogP contribution in [0.25, 0.3) is 0 Å². The lowest BCUT2D eigenvalue weighted by atomic mass is 10.1. The molecule has 22 heavy (non-hydrogen) atoms. The van der Waals surface area contributed by atoms with Crippen LogP contribution in [0.3, 0.4) is 0 Å². The van der Waals surface area contributed by atoms with Crippen LogP contribution in [0.1, 0.15) is 12.0 Å². The van der Waals surface area contributed by atoms with Gasteiger partial charge in [-0.3, -0.25) is 4.79 Å². The Morgan fingerprint density at radius 1 is 1.05 bits per heavy atom. The van der Waals surface area contributed by atoms with Crippen molar-refractivity contribution in [1.29, 1.82) is 0 Å². The molecule has 0 atom stereocenters. The highest BCUT2D eigenvalue weighted by molar-refractivity contribution is 5.91. The third-order valence-electron chi connectivity index (χ3n) is 3.38. The Labute approximate surface area is 127 Å². The Morgan fingerprint density at radius 3 is 2.55 bits per heavy atom. The van der Waals surface area contributed by atoms with Crippen LogP contribution >= 0.6 is 0 Å². The van der Waals surface area contributed by atoms with Gasteiger partial charge in [-0.05, 0) is 36.2 Å². The van der Waals surface area contributed by atoms with Crippen molar-refractivity contribution in [2.75, 3.05) is 18.5 Å². The smallest absolute Gasteiger partial charge is 0.224 e. The predicted octanol–water partition coefficient (Wildman–Crippen LogP) is 3.17. The van der Waals surface area contributed by atoms with E-state index in [0.29, 0.717) is 43.2 Å². The zero-order valence-corrected chi connectivity index (χ0v) is 12.0. The molecule has 3 rings (SSSR count). The summed E-state index contributed by atoms with van der Waals surface area (Å²) in [5, 5.41) is 2.83. The van der Waals surface area contributed by atoms with Crippen LogP contribution in [0.4, 0.5) is 10.1 Å². The molecule has 4 nitrogen and oxygen atoms in total. The summed E-state index contributed by atoms with van der Waals surface area (Å²) in [5.41, 5.74) is 1.60. The van der Waals surface area contributed by atoms with Crippen molar-refractivity contribution < 1.29 is 18.7 Å². The minimum Gasteiger partial charge on any atom is -0.486 e. The first-order chi connectivity index (χ1) is 10.7. The van der Waals surface area contributed by atoms with Crippen LogP contribution in [0.2, 0.25) is 0 Å². The minimum absolute atomic E-state index is 0.0963. The van der Waals surface area contributed by atoms with Gasteiger partial charge in [-0.2, -0.15) is 0 Å². The molecule has 0 unspecified atom stereocenters. The number of anilines is 1. The van der Waals surface area contributed by atoms with Crippen molar-refractivity contribution in [2.45, 2.75) is 12.8 Å². The molecule has 0 saturated carbocycles. The number of fused-ring (bicyclic) bond motifs is 1. The number of rotatable bonds is 4. The van der Waals surface area contributed by atoms with E-state index in [2.05, 4.69) is 5.32 Å². The van der Waals surface area contributed by atoms with Crippen molar-refractivity contribution in [2.24, 2.45) is 0 Å². The van der Waals surface area contributed by atoms with Gasteiger partial charge >= 0.3 is 0 Å². The van der Waals surface area contributed by atoms with E-state index in [0.717, 1.165) is 5.56 Å². The third-order valence-corrected chi connectivity index (χ3v) is 3.38. The van der Waals surface area contributed by atoms with Crippen molar-refractivity contribution in [3.8, 4) is 11.5 Å². The van der Waals surface area contributed by atoms with E-state index in [4.69, 9.17) is 9.47 Å². The summed E-state index contributed by atoms with van der Waals surface area (Å²) in [6, 6.07) is 11.5. The van der Waals surface area contributed by atoms with Crippen LogP contribution in [0.5, 0.6) is 11.5 Å². The zero-order valence-electron chi connectivity index (χ0n) is 12.0. The highest BCUT2D eigenvalue weighted by atomic mass is 19.1. The summed E-state index contributed by atoms with van der Waals surface area (Å²) in [5.74, 6) is 0.962. The SMILES string of the molecule is O=C(CCc1ccc(F)cc1)Nc1ccc2c(c1)OCCO2. The number of hydrogen-bond donors (Lipinski definition) is 1. The lowest BCUT2D eigenvalue weighted by Gasteiger charge is -2.19. The van der Waals surface area contributed by atoms with Gasteiger partial charge in [-0.15, -0.1) is 0 Å². The van der Waals surface area contributed by atoms with Crippen molar-refractivity contribution in [3.63, 3.8) is 0 Å². The van der Waals surface area contributed by atoms with Gasteiger partial charge in [-0.1, -0.05) is 12.1 Å². The second kappa shape index (κ2) is 6.47. The molecule has 0 radical (unpaired) electrons. The molecule has 0 aliphatic carbocycles. The molecule has 2 aromatic rings. The third kappa shape index (κ3) is 3.55. The van der Waals surface area contributed by atoms with E-state index in [-0.39, 0.29) is 11.7 Å². The number of nitrogens with one attached hydrogen (secondary N) is 1. The lowest BCUT2D eigenvalue weighted by Crippen LogP contribution is -2.16. The molecule has 2 aromatic carbocycles. The molecular formula is C17H16FNO3. The summed E-state index contributed by atoms with van der Waals surface area (Å²) >= 11 is 0. The standard InChI is InChI=1S/C17H16FNO3/c18-13-4-1-12(2-5-13)3-8-17(20)19-14-6-7-15-16(11-14)22-10-9-21-15/h1-2,4-7,11H,3,8-10H2,(H,19,20). The number of hydrogen-bond acceptors (Lipinski definition) is 3. The first-order valence-electron chi connectivity index (χ1n) is 7.15. The average molecular weight is 301 g/mol. The fraction of sp³-hybridized carbons (Fsp3) is 0.235. The average Bonchev–Trinajstić information content (AvgIpc) is 2.54. The van der Waals surface area contributed by atoms with Crippen LogP contribution in [-0.4, -0.2) is 19.1 Å². The van der Waals surface area contributed by atoms with Gasteiger partial charge in [0.15, 0.2) is 11.5 Å². The van der Waals surface area contributed by atoms with Gasteiger partial charge in [0.2, 0.25) is 5.91 Å². The number of ether oxygens (including phenoxy) is 2. The zero-order chi connectivity index (χ0) is 15.4. The molecule has 114 valence electrons. The van der Waals surface area contributed by atoms with E-state index in [1.807, 2.05) is 0 Å². The molecule has 1 heterocycles. The van der Waals surface area contributed by atoms with Crippen LogP contribution in [0, 0.1) is 5.82 Å². The Balaban J connectivity index is 1.56. The fourth-order valence-corrected chi connectivity index (χ4v) is 2.25. The maximum absolute atomic E-state index is 12.8. The Hall–Kier alpha value is -2.56. The molecule has 1 aliphatic heterocycles. The lowest BCUT2D eigenvalue weighted by molar-refractivity contribution is -0.116. The van der Waals surface area contributed by atoms with E-state index in [1.54, 1.807) is 30.3 Å². The summed E-state index contributed by atoms with van der Waals surface area (Å²) < 4.78 is 23.7. The molecule has 0 spiro atoms. The van der Waals surface area contributed by atoms with Crippen molar-refractivity contribution in [3.05, 3.63) is 53.8 Å². The predicted molar refractivity (Wildman–Crippen MR) is 80.8 cm³/mol. The minimum atomic E-state index is -0.274. The largest absolute Gasteiger partial charge is 0.486 e. The van der Waals surface area contributed by atoms with Gasteiger partial charge in [-0.25, -0.2) is 4.39 Å². The molecule has 0 bridgehead atoms. The maximum atomic E-state index is 12.8. The fourth-order valence-electron chi connectivity index (χ4n) is 2.25. The van der Waals surface area contributed by atoms with E-state index in [9.17, 15) is 9.18 Å². The Kier molecular flexibility index (Phi) is 4.23. The summed E-state index contributed by atoms with van der Waals surface area (Å²) in [6.45, 7) is 1.05. The normalized spacial score (nSPS) is 12.8. The molecule has 0 saturated heterocycles. The molecule has 1 amide bonds. The van der Waals surface area contributed by atoms with Gasteiger partial charge in [0.05, 0.1) is 0 Å². The van der Waals surface area contributed by atoms with Crippen molar-refractivity contribution >= 4 is 11.6 Å². The van der Waals surface area contributed by atoms with Gasteiger partial charge in [0.1, 0.15) is 19.0 Å². The number of carbonyl (C=O) groups is 1. The molecule has 1 N–H and O–H groups in total. The van der Waals surface area contributed by atoms with Crippen LogP contribution in [-0.2, 0) is 11.2 Å².